The molecule has 0 bridgehead atoms. The van der Waals surface area contributed by atoms with Crippen LogP contribution in [0.5, 0.6) is 0 Å². The highest BCUT2D eigenvalue weighted by molar-refractivity contribution is 5.69. The fraction of sp³-hybridized carbons (Fsp3) is 0.960. The zero-order valence-corrected chi connectivity index (χ0v) is 20.0. The van der Waals surface area contributed by atoms with E-state index in [1.807, 2.05) is 0 Å². The molecule has 4 nitrogen and oxygen atoms in total. The normalized spacial score (nSPS) is 12.2. The van der Waals surface area contributed by atoms with E-state index in [9.17, 15) is 4.79 Å². The Labute approximate surface area is 182 Å². The molecule has 174 valence electrons. The van der Waals surface area contributed by atoms with Crippen molar-refractivity contribution in [3.63, 3.8) is 0 Å². The average molecular weight is 413 g/mol. The van der Waals surface area contributed by atoms with Crippen molar-refractivity contribution in [3.05, 3.63) is 0 Å². The van der Waals surface area contributed by atoms with E-state index >= 15 is 0 Å². The first-order chi connectivity index (χ1) is 14.2. The number of rotatable bonds is 23. The fourth-order valence-electron chi connectivity index (χ4n) is 3.72. The monoisotopic (exact) mass is 412 g/mol. The Bertz CT molecular complexity index is 337. The zero-order valence-electron chi connectivity index (χ0n) is 20.0. The molecule has 0 saturated heterocycles. The van der Waals surface area contributed by atoms with Gasteiger partial charge in [0, 0.05) is 6.04 Å². The van der Waals surface area contributed by atoms with Gasteiger partial charge in [-0.1, -0.05) is 90.9 Å². The third-order valence-corrected chi connectivity index (χ3v) is 5.72. The molecule has 0 spiro atoms. The van der Waals surface area contributed by atoms with Crippen LogP contribution in [0.25, 0.3) is 0 Å². The van der Waals surface area contributed by atoms with Gasteiger partial charge in [-0.3, -0.25) is 4.79 Å². The molecule has 0 aliphatic carbocycles. The highest BCUT2D eigenvalue weighted by atomic mass is 16.5. The van der Waals surface area contributed by atoms with Crippen molar-refractivity contribution in [1.29, 1.82) is 0 Å². The predicted octanol–water partition coefficient (Wildman–Crippen LogP) is 6.38. The minimum absolute atomic E-state index is 0.0909. The summed E-state index contributed by atoms with van der Waals surface area (Å²) in [6.07, 6.45) is 21.4. The highest BCUT2D eigenvalue weighted by Crippen LogP contribution is 2.13. The SMILES string of the molecule is CCCCCCCCCCCCCC(CC(=O)OC)NCCCCNCCCC. The molecular weight excluding hydrogens is 360 g/mol. The summed E-state index contributed by atoms with van der Waals surface area (Å²) in [7, 11) is 1.49. The number of unbranched alkanes of at least 4 members (excludes halogenated alkanes) is 12. The molecule has 0 aliphatic rings. The van der Waals surface area contributed by atoms with Gasteiger partial charge in [0.2, 0.25) is 0 Å². The van der Waals surface area contributed by atoms with Gasteiger partial charge in [0.15, 0.2) is 0 Å². The maximum Gasteiger partial charge on any atom is 0.307 e. The Morgan fingerprint density at radius 1 is 0.690 bits per heavy atom. The van der Waals surface area contributed by atoms with Crippen LogP contribution in [0, 0.1) is 0 Å². The molecule has 0 aromatic heterocycles. The van der Waals surface area contributed by atoms with E-state index in [0.29, 0.717) is 6.42 Å². The first-order valence-corrected chi connectivity index (χ1v) is 12.8. The second-order valence-corrected chi connectivity index (χ2v) is 8.57. The van der Waals surface area contributed by atoms with Crippen LogP contribution in [0.1, 0.15) is 123 Å². The molecule has 1 unspecified atom stereocenters. The minimum atomic E-state index is -0.0909. The number of ether oxygens (including phenoxy) is 1. The molecule has 0 aromatic carbocycles. The molecule has 0 heterocycles. The van der Waals surface area contributed by atoms with E-state index in [4.69, 9.17) is 4.74 Å². The largest absolute Gasteiger partial charge is 0.469 e. The van der Waals surface area contributed by atoms with Crippen LogP contribution in [0.4, 0.5) is 0 Å². The third-order valence-electron chi connectivity index (χ3n) is 5.72. The summed E-state index contributed by atoms with van der Waals surface area (Å²) in [6, 6.07) is 0.272. The predicted molar refractivity (Wildman–Crippen MR) is 127 cm³/mol. The lowest BCUT2D eigenvalue weighted by Crippen LogP contribution is -2.33. The summed E-state index contributed by atoms with van der Waals surface area (Å²) in [5.41, 5.74) is 0. The summed E-state index contributed by atoms with van der Waals surface area (Å²) < 4.78 is 4.88. The van der Waals surface area contributed by atoms with Crippen molar-refractivity contribution >= 4 is 5.97 Å². The molecule has 0 rings (SSSR count). The summed E-state index contributed by atoms with van der Waals surface area (Å²) in [4.78, 5) is 11.7. The number of hydrogen-bond acceptors (Lipinski definition) is 4. The van der Waals surface area contributed by atoms with E-state index < -0.39 is 0 Å². The molecular formula is C25H52N2O2. The first-order valence-electron chi connectivity index (χ1n) is 12.8. The van der Waals surface area contributed by atoms with Gasteiger partial charge >= 0.3 is 5.97 Å². The number of carbonyl (C=O) groups excluding carboxylic acids is 1. The summed E-state index contributed by atoms with van der Waals surface area (Å²) in [5.74, 6) is -0.0909. The van der Waals surface area contributed by atoms with Crippen LogP contribution in [0.3, 0.4) is 0 Å². The molecule has 4 heteroatoms. The second kappa shape index (κ2) is 23.7. The number of nitrogens with one attached hydrogen (secondary N) is 2. The van der Waals surface area contributed by atoms with E-state index in [1.54, 1.807) is 0 Å². The van der Waals surface area contributed by atoms with E-state index in [2.05, 4.69) is 24.5 Å². The van der Waals surface area contributed by atoms with Gasteiger partial charge in [-0.15, -0.1) is 0 Å². The van der Waals surface area contributed by atoms with Crippen LogP contribution in [0.15, 0.2) is 0 Å². The minimum Gasteiger partial charge on any atom is -0.469 e. The summed E-state index contributed by atoms with van der Waals surface area (Å²) in [6.45, 7) is 7.73. The van der Waals surface area contributed by atoms with Gasteiger partial charge in [-0.25, -0.2) is 0 Å². The molecule has 0 fully saturated rings. The smallest absolute Gasteiger partial charge is 0.307 e. The van der Waals surface area contributed by atoms with Gasteiger partial charge in [0.25, 0.3) is 0 Å². The summed E-state index contributed by atoms with van der Waals surface area (Å²) in [5, 5.41) is 7.08. The standard InChI is InChI=1S/C25H52N2O2/c1-4-6-8-9-10-11-12-13-14-15-16-19-24(23-25(28)29-3)27-22-18-17-21-26-20-7-5-2/h24,26-27H,4-23H2,1-3H3. The Hall–Kier alpha value is -0.610. The number of methoxy groups -OCH3 is 1. The lowest BCUT2D eigenvalue weighted by atomic mass is 10.0. The van der Waals surface area contributed by atoms with Crippen molar-refractivity contribution < 1.29 is 9.53 Å². The maximum absolute atomic E-state index is 11.7. The van der Waals surface area contributed by atoms with Crippen LogP contribution >= 0.6 is 0 Å². The van der Waals surface area contributed by atoms with Gasteiger partial charge in [-0.05, 0) is 45.3 Å². The van der Waals surface area contributed by atoms with Gasteiger partial charge in [0.05, 0.1) is 13.5 Å². The average Bonchev–Trinajstić information content (AvgIpc) is 2.73. The third kappa shape index (κ3) is 21.9. The second-order valence-electron chi connectivity index (χ2n) is 8.57. The Kier molecular flexibility index (Phi) is 23.2. The Balaban J connectivity index is 3.67. The van der Waals surface area contributed by atoms with Crippen molar-refractivity contribution in [2.24, 2.45) is 0 Å². The van der Waals surface area contributed by atoms with Crippen LogP contribution in [0.2, 0.25) is 0 Å². The van der Waals surface area contributed by atoms with Crippen molar-refractivity contribution in [2.45, 2.75) is 129 Å². The van der Waals surface area contributed by atoms with Crippen LogP contribution in [-0.2, 0) is 9.53 Å². The van der Waals surface area contributed by atoms with E-state index in [-0.39, 0.29) is 12.0 Å². The van der Waals surface area contributed by atoms with Gasteiger partial charge in [-0.2, -0.15) is 0 Å². The lowest BCUT2D eigenvalue weighted by molar-refractivity contribution is -0.141. The molecule has 0 amide bonds. The molecule has 2 N–H and O–H groups in total. The quantitative estimate of drug-likeness (QED) is 0.151. The number of carbonyl (C=O) groups is 1. The lowest BCUT2D eigenvalue weighted by Gasteiger charge is -2.18. The molecule has 1 atom stereocenters. The van der Waals surface area contributed by atoms with Crippen molar-refractivity contribution in [2.75, 3.05) is 26.7 Å². The number of esters is 1. The fourth-order valence-corrected chi connectivity index (χ4v) is 3.72. The van der Waals surface area contributed by atoms with Crippen molar-refractivity contribution in [3.8, 4) is 0 Å². The molecule has 0 aliphatic heterocycles. The van der Waals surface area contributed by atoms with E-state index in [0.717, 1.165) is 32.5 Å². The molecule has 0 saturated carbocycles. The molecule has 0 aromatic rings. The first kappa shape index (κ1) is 28.4. The maximum atomic E-state index is 11.7. The molecule has 29 heavy (non-hydrogen) atoms. The van der Waals surface area contributed by atoms with E-state index in [1.165, 1.54) is 97.0 Å². The van der Waals surface area contributed by atoms with Gasteiger partial charge < -0.3 is 15.4 Å². The molecule has 0 radical (unpaired) electrons. The van der Waals surface area contributed by atoms with Crippen molar-refractivity contribution in [1.82, 2.24) is 10.6 Å². The number of hydrogen-bond donors (Lipinski definition) is 2. The van der Waals surface area contributed by atoms with Gasteiger partial charge in [0.1, 0.15) is 0 Å². The zero-order chi connectivity index (χ0) is 21.4. The highest BCUT2D eigenvalue weighted by Gasteiger charge is 2.13. The van der Waals surface area contributed by atoms with Crippen LogP contribution < -0.4 is 10.6 Å². The Morgan fingerprint density at radius 2 is 1.21 bits per heavy atom. The Morgan fingerprint density at radius 3 is 1.79 bits per heavy atom. The topological polar surface area (TPSA) is 50.4 Å². The summed E-state index contributed by atoms with van der Waals surface area (Å²) >= 11 is 0. The van der Waals surface area contributed by atoms with Crippen LogP contribution in [-0.4, -0.2) is 38.8 Å².